The lowest BCUT2D eigenvalue weighted by molar-refractivity contribution is 0.286. The maximum Gasteiger partial charge on any atom is 0.165 e. The van der Waals surface area contributed by atoms with Crippen molar-refractivity contribution in [3.8, 4) is 23.0 Å². The van der Waals surface area contributed by atoms with Crippen molar-refractivity contribution in [2.24, 2.45) is 0 Å². The number of hydrogen-bond donors (Lipinski definition) is 1. The van der Waals surface area contributed by atoms with Crippen molar-refractivity contribution < 1.29 is 18.6 Å². The lowest BCUT2D eigenvalue weighted by atomic mass is 9.89. The Kier molecular flexibility index (Phi) is 6.19. The molecular weight excluding hydrogens is 381 g/mol. The van der Waals surface area contributed by atoms with E-state index in [0.29, 0.717) is 19.0 Å². The van der Waals surface area contributed by atoms with E-state index in [2.05, 4.69) is 11.4 Å². The van der Waals surface area contributed by atoms with Gasteiger partial charge in [-0.25, -0.2) is 4.39 Å². The van der Waals surface area contributed by atoms with E-state index in [1.807, 2.05) is 50.2 Å². The van der Waals surface area contributed by atoms with Gasteiger partial charge >= 0.3 is 0 Å². The van der Waals surface area contributed by atoms with E-state index in [1.54, 1.807) is 12.1 Å². The molecule has 1 N–H and O–H groups in total. The summed E-state index contributed by atoms with van der Waals surface area (Å²) in [6.45, 7) is 5.88. The quantitative estimate of drug-likeness (QED) is 0.549. The highest BCUT2D eigenvalue weighted by atomic mass is 19.1. The minimum atomic E-state index is -0.389. The van der Waals surface area contributed by atoms with Crippen LogP contribution in [-0.2, 0) is 6.42 Å². The lowest BCUT2D eigenvalue weighted by Gasteiger charge is -2.29. The average molecular weight is 407 g/mol. The molecule has 0 radical (unpaired) electrons. The van der Waals surface area contributed by atoms with Gasteiger partial charge in [-0.2, -0.15) is 0 Å². The predicted octanol–water partition coefficient (Wildman–Crippen LogP) is 5.65. The standard InChI is InChI=1S/C25H26FNO3/c1-3-28-23-14-17-12-13-27-25(20(17)16-24(23)29-4-2)18-10-11-21(26)22(15-18)30-19-8-6-5-7-9-19/h5-11,14-16,25,27H,3-4,12-13H2,1-2H3/t25-/m1/s1. The maximum absolute atomic E-state index is 14.4. The predicted molar refractivity (Wildman–Crippen MR) is 115 cm³/mol. The number of hydrogen-bond acceptors (Lipinski definition) is 4. The molecular formula is C25H26FNO3. The van der Waals surface area contributed by atoms with Gasteiger partial charge in [-0.3, -0.25) is 0 Å². The van der Waals surface area contributed by atoms with E-state index < -0.39 is 0 Å². The van der Waals surface area contributed by atoms with Crippen LogP contribution < -0.4 is 19.5 Å². The van der Waals surface area contributed by atoms with Crippen molar-refractivity contribution in [1.29, 1.82) is 0 Å². The van der Waals surface area contributed by atoms with E-state index in [4.69, 9.17) is 14.2 Å². The van der Waals surface area contributed by atoms with Crippen LogP contribution in [0.15, 0.2) is 60.7 Å². The third-order valence-electron chi connectivity index (χ3n) is 5.12. The summed E-state index contributed by atoms with van der Waals surface area (Å²) in [5, 5.41) is 3.55. The van der Waals surface area contributed by atoms with Gasteiger partial charge < -0.3 is 19.5 Å². The highest BCUT2D eigenvalue weighted by molar-refractivity contribution is 5.52. The maximum atomic E-state index is 14.4. The molecule has 156 valence electrons. The molecule has 1 heterocycles. The molecule has 1 atom stereocenters. The molecule has 5 heteroatoms. The second kappa shape index (κ2) is 9.18. The van der Waals surface area contributed by atoms with Crippen LogP contribution in [0.2, 0.25) is 0 Å². The Labute approximate surface area is 176 Å². The molecule has 4 nitrogen and oxygen atoms in total. The average Bonchev–Trinajstić information content (AvgIpc) is 2.76. The van der Waals surface area contributed by atoms with Crippen LogP contribution in [0.3, 0.4) is 0 Å². The first kappa shape index (κ1) is 20.2. The second-order valence-corrected chi connectivity index (χ2v) is 7.11. The number of rotatable bonds is 7. The summed E-state index contributed by atoms with van der Waals surface area (Å²) in [5.41, 5.74) is 3.26. The Bertz CT molecular complexity index is 1010. The molecule has 0 saturated heterocycles. The molecule has 1 aliphatic rings. The SMILES string of the molecule is CCOc1cc2c(cc1OCC)[C@@H](c1ccc(F)c(Oc3ccccc3)c1)NCC2. The van der Waals surface area contributed by atoms with Gasteiger partial charge in [0, 0.05) is 6.54 Å². The van der Waals surface area contributed by atoms with Crippen LogP contribution >= 0.6 is 0 Å². The van der Waals surface area contributed by atoms with Crippen LogP contribution in [0.25, 0.3) is 0 Å². The zero-order chi connectivity index (χ0) is 20.9. The number of para-hydroxylation sites is 1. The zero-order valence-corrected chi connectivity index (χ0v) is 17.3. The van der Waals surface area contributed by atoms with Crippen molar-refractivity contribution in [3.63, 3.8) is 0 Å². The van der Waals surface area contributed by atoms with Gasteiger partial charge in [-0.15, -0.1) is 0 Å². The summed E-state index contributed by atoms with van der Waals surface area (Å²) in [6, 6.07) is 18.3. The molecule has 0 unspecified atom stereocenters. The molecule has 30 heavy (non-hydrogen) atoms. The highest BCUT2D eigenvalue weighted by Gasteiger charge is 2.25. The first-order valence-corrected chi connectivity index (χ1v) is 10.4. The molecule has 3 aromatic rings. The lowest BCUT2D eigenvalue weighted by Crippen LogP contribution is -2.30. The van der Waals surface area contributed by atoms with Crippen LogP contribution in [0.5, 0.6) is 23.0 Å². The first-order chi connectivity index (χ1) is 14.7. The van der Waals surface area contributed by atoms with Gasteiger partial charge in [-0.05, 0) is 73.4 Å². The number of ether oxygens (including phenoxy) is 3. The minimum absolute atomic E-state index is 0.0812. The summed E-state index contributed by atoms with van der Waals surface area (Å²) in [6.07, 6.45) is 0.896. The largest absolute Gasteiger partial charge is 0.490 e. The van der Waals surface area contributed by atoms with E-state index in [-0.39, 0.29) is 17.6 Å². The van der Waals surface area contributed by atoms with Crippen LogP contribution in [0.4, 0.5) is 4.39 Å². The van der Waals surface area contributed by atoms with Crippen LogP contribution in [-0.4, -0.2) is 19.8 Å². The number of benzene rings is 3. The van der Waals surface area contributed by atoms with Crippen molar-refractivity contribution in [3.05, 3.63) is 83.2 Å². The highest BCUT2D eigenvalue weighted by Crippen LogP contribution is 2.39. The molecule has 0 bridgehead atoms. The van der Waals surface area contributed by atoms with Crippen molar-refractivity contribution in [2.75, 3.05) is 19.8 Å². The monoisotopic (exact) mass is 407 g/mol. The Morgan fingerprint density at radius 1 is 0.900 bits per heavy atom. The summed E-state index contributed by atoms with van der Waals surface area (Å²) in [5.74, 6) is 1.93. The number of nitrogens with one attached hydrogen (secondary N) is 1. The Balaban J connectivity index is 1.70. The van der Waals surface area contributed by atoms with E-state index >= 15 is 0 Å². The number of fused-ring (bicyclic) bond motifs is 1. The van der Waals surface area contributed by atoms with E-state index in [1.165, 1.54) is 11.6 Å². The molecule has 3 aromatic carbocycles. The van der Waals surface area contributed by atoms with E-state index in [9.17, 15) is 4.39 Å². The smallest absolute Gasteiger partial charge is 0.165 e. The summed E-state index contributed by atoms with van der Waals surface area (Å²) < 4.78 is 31.8. The van der Waals surface area contributed by atoms with Crippen molar-refractivity contribution in [2.45, 2.75) is 26.3 Å². The van der Waals surface area contributed by atoms with Crippen molar-refractivity contribution >= 4 is 0 Å². The van der Waals surface area contributed by atoms with Gasteiger partial charge in [0.25, 0.3) is 0 Å². The van der Waals surface area contributed by atoms with Gasteiger partial charge in [0.15, 0.2) is 23.1 Å². The first-order valence-electron chi connectivity index (χ1n) is 10.4. The van der Waals surface area contributed by atoms with Crippen LogP contribution in [0.1, 0.15) is 36.6 Å². The molecule has 0 saturated carbocycles. The fourth-order valence-corrected chi connectivity index (χ4v) is 3.79. The Morgan fingerprint density at radius 2 is 1.63 bits per heavy atom. The third kappa shape index (κ3) is 4.26. The Hall–Kier alpha value is -3.05. The zero-order valence-electron chi connectivity index (χ0n) is 17.3. The normalized spacial score (nSPS) is 15.4. The third-order valence-corrected chi connectivity index (χ3v) is 5.12. The van der Waals surface area contributed by atoms with Gasteiger partial charge in [0.1, 0.15) is 5.75 Å². The van der Waals surface area contributed by atoms with Gasteiger partial charge in [0.2, 0.25) is 0 Å². The molecule has 0 fully saturated rings. The topological polar surface area (TPSA) is 39.7 Å². The fourth-order valence-electron chi connectivity index (χ4n) is 3.79. The molecule has 0 aromatic heterocycles. The van der Waals surface area contributed by atoms with Gasteiger partial charge in [0.05, 0.1) is 19.3 Å². The summed E-state index contributed by atoms with van der Waals surface area (Å²) in [4.78, 5) is 0. The fraction of sp³-hybridized carbons (Fsp3) is 0.280. The second-order valence-electron chi connectivity index (χ2n) is 7.11. The number of halogens is 1. The van der Waals surface area contributed by atoms with Crippen molar-refractivity contribution in [1.82, 2.24) is 5.32 Å². The summed E-state index contributed by atoms with van der Waals surface area (Å²) in [7, 11) is 0. The van der Waals surface area contributed by atoms with E-state index in [0.717, 1.165) is 35.6 Å². The molecule has 4 rings (SSSR count). The molecule has 0 spiro atoms. The molecule has 0 aliphatic carbocycles. The minimum Gasteiger partial charge on any atom is -0.490 e. The van der Waals surface area contributed by atoms with Crippen LogP contribution in [0, 0.1) is 5.82 Å². The van der Waals surface area contributed by atoms with Gasteiger partial charge in [-0.1, -0.05) is 24.3 Å². The molecule has 1 aliphatic heterocycles. The molecule has 0 amide bonds. The summed E-state index contributed by atoms with van der Waals surface area (Å²) >= 11 is 0. The Morgan fingerprint density at radius 3 is 2.37 bits per heavy atom.